The summed E-state index contributed by atoms with van der Waals surface area (Å²) >= 11 is 0. The Morgan fingerprint density at radius 2 is 2.03 bits per heavy atom. The number of anilines is 1. The number of halogens is 1. The van der Waals surface area contributed by atoms with Crippen molar-refractivity contribution < 1.29 is 13.9 Å². The van der Waals surface area contributed by atoms with Crippen LogP contribution in [0.1, 0.15) is 5.82 Å². The van der Waals surface area contributed by atoms with Gasteiger partial charge in [0.05, 0.1) is 17.2 Å². The summed E-state index contributed by atoms with van der Waals surface area (Å²) in [5.41, 5.74) is 1.20. The van der Waals surface area contributed by atoms with E-state index in [0.717, 1.165) is 16.2 Å². The molecule has 9 nitrogen and oxygen atoms in total. The van der Waals surface area contributed by atoms with Crippen molar-refractivity contribution in [3.8, 4) is 11.4 Å². The first-order valence-corrected chi connectivity index (χ1v) is 8.98. The van der Waals surface area contributed by atoms with Crippen LogP contribution in [-0.2, 0) is 22.7 Å². The Labute approximate surface area is 169 Å². The van der Waals surface area contributed by atoms with Crippen molar-refractivity contribution in [3.05, 3.63) is 70.8 Å². The molecule has 30 heavy (non-hydrogen) atoms. The highest BCUT2D eigenvalue weighted by Gasteiger charge is 2.10. The first-order valence-electron chi connectivity index (χ1n) is 8.98. The quantitative estimate of drug-likeness (QED) is 0.505. The van der Waals surface area contributed by atoms with Gasteiger partial charge < -0.3 is 10.1 Å². The number of hydrogen-bond donors (Lipinski definition) is 2. The van der Waals surface area contributed by atoms with Crippen LogP contribution >= 0.6 is 0 Å². The van der Waals surface area contributed by atoms with Gasteiger partial charge in [-0.3, -0.25) is 19.3 Å². The largest absolute Gasteiger partial charge is 0.377 e. The Hall–Kier alpha value is -3.92. The number of methoxy groups -OCH3 is 1. The third-order valence-corrected chi connectivity index (χ3v) is 4.34. The van der Waals surface area contributed by atoms with E-state index in [1.54, 1.807) is 31.4 Å². The monoisotopic (exact) mass is 408 g/mol. The number of carbonyl (C=O) groups excluding carboxylic acids is 1. The summed E-state index contributed by atoms with van der Waals surface area (Å²) in [6.45, 7) is 0.0815. The molecule has 4 aromatic rings. The maximum Gasteiger partial charge on any atom is 0.261 e. The highest BCUT2D eigenvalue weighted by Crippen LogP contribution is 2.18. The van der Waals surface area contributed by atoms with Crippen LogP contribution in [-0.4, -0.2) is 37.7 Å². The van der Waals surface area contributed by atoms with Gasteiger partial charge in [0.2, 0.25) is 5.91 Å². The topological polar surface area (TPSA) is 115 Å². The zero-order valence-electron chi connectivity index (χ0n) is 15.9. The average molecular weight is 408 g/mol. The summed E-state index contributed by atoms with van der Waals surface area (Å²) in [7, 11) is 1.57. The predicted molar refractivity (Wildman–Crippen MR) is 107 cm³/mol. The molecule has 2 N–H and O–H groups in total. The molecule has 0 aliphatic heterocycles. The van der Waals surface area contributed by atoms with Crippen molar-refractivity contribution in [1.29, 1.82) is 0 Å². The Morgan fingerprint density at radius 3 is 2.80 bits per heavy atom. The third-order valence-electron chi connectivity index (χ3n) is 4.34. The Morgan fingerprint density at radius 1 is 1.23 bits per heavy atom. The molecule has 10 heteroatoms. The van der Waals surface area contributed by atoms with Gasteiger partial charge in [-0.05, 0) is 42.5 Å². The molecule has 0 fully saturated rings. The lowest BCUT2D eigenvalue weighted by molar-refractivity contribution is -0.116. The fourth-order valence-electron chi connectivity index (χ4n) is 2.93. The zero-order valence-corrected chi connectivity index (χ0v) is 15.9. The van der Waals surface area contributed by atoms with E-state index in [9.17, 15) is 14.0 Å². The molecule has 2 heterocycles. The highest BCUT2D eigenvalue weighted by atomic mass is 19.1. The number of carbonyl (C=O) groups is 1. The lowest BCUT2D eigenvalue weighted by Gasteiger charge is -2.08. The van der Waals surface area contributed by atoms with Crippen molar-refractivity contribution in [3.63, 3.8) is 0 Å². The van der Waals surface area contributed by atoms with Crippen LogP contribution in [0.2, 0.25) is 0 Å². The van der Waals surface area contributed by atoms with E-state index < -0.39 is 17.3 Å². The minimum absolute atomic E-state index is 0.119. The number of amides is 1. The number of benzene rings is 2. The summed E-state index contributed by atoms with van der Waals surface area (Å²) in [5.74, 6) is 0.173. The number of nitrogens with one attached hydrogen (secondary N) is 2. The van der Waals surface area contributed by atoms with Crippen molar-refractivity contribution in [2.45, 2.75) is 13.2 Å². The maximum absolute atomic E-state index is 13.4. The molecule has 0 saturated heterocycles. The van der Waals surface area contributed by atoms with Gasteiger partial charge in [0.15, 0.2) is 11.6 Å². The van der Waals surface area contributed by atoms with E-state index in [1.807, 2.05) is 0 Å². The Balaban J connectivity index is 1.46. The fraction of sp³-hybridized carbons (Fsp3) is 0.150. The molecule has 0 bridgehead atoms. The minimum atomic E-state index is -0.538. The number of ether oxygens (including phenoxy) is 1. The SMILES string of the molecule is COCc1nc(-c2ccc(NC(=O)Cn3cnc4ccc(F)cc4c3=O)cc2)n[nH]1. The van der Waals surface area contributed by atoms with Gasteiger partial charge in [-0.1, -0.05) is 0 Å². The number of aromatic amines is 1. The molecular weight excluding hydrogens is 391 g/mol. The molecule has 1 amide bonds. The number of fused-ring (bicyclic) bond motifs is 1. The second kappa shape index (κ2) is 8.21. The van der Waals surface area contributed by atoms with Crippen LogP contribution < -0.4 is 10.9 Å². The second-order valence-electron chi connectivity index (χ2n) is 6.50. The van der Waals surface area contributed by atoms with E-state index in [0.29, 0.717) is 29.5 Å². The summed E-state index contributed by atoms with van der Waals surface area (Å²) < 4.78 is 19.6. The molecular formula is C20H17FN6O3. The second-order valence-corrected chi connectivity index (χ2v) is 6.50. The standard InChI is InChI=1S/C20H17FN6O3/c1-30-10-17-24-19(26-25-17)12-2-5-14(6-3-12)23-18(28)9-27-11-22-16-7-4-13(21)8-15(16)20(27)29/h2-8,11H,9-10H2,1H3,(H,23,28)(H,24,25,26). The summed E-state index contributed by atoms with van der Waals surface area (Å²) in [6, 6.07) is 10.7. The number of hydrogen-bond acceptors (Lipinski definition) is 6. The normalized spacial score (nSPS) is 11.0. The molecule has 0 aliphatic carbocycles. The minimum Gasteiger partial charge on any atom is -0.377 e. The summed E-state index contributed by atoms with van der Waals surface area (Å²) in [6.07, 6.45) is 1.27. The van der Waals surface area contributed by atoms with Crippen LogP contribution in [0.3, 0.4) is 0 Å². The van der Waals surface area contributed by atoms with Gasteiger partial charge in [0.25, 0.3) is 5.56 Å². The maximum atomic E-state index is 13.4. The first-order chi connectivity index (χ1) is 14.5. The Kier molecular flexibility index (Phi) is 5.31. The van der Waals surface area contributed by atoms with Crippen LogP contribution in [0.4, 0.5) is 10.1 Å². The number of rotatable bonds is 6. The molecule has 0 saturated carbocycles. The van der Waals surface area contributed by atoms with E-state index in [-0.39, 0.29) is 11.9 Å². The molecule has 4 rings (SSSR count). The number of nitrogens with zero attached hydrogens (tertiary/aromatic N) is 4. The van der Waals surface area contributed by atoms with Crippen molar-refractivity contribution in [2.75, 3.05) is 12.4 Å². The van der Waals surface area contributed by atoms with Gasteiger partial charge in [0.1, 0.15) is 19.0 Å². The molecule has 0 aliphatic rings. The van der Waals surface area contributed by atoms with Gasteiger partial charge in [-0.25, -0.2) is 14.4 Å². The smallest absolute Gasteiger partial charge is 0.261 e. The third kappa shape index (κ3) is 4.08. The molecule has 0 spiro atoms. The van der Waals surface area contributed by atoms with Crippen LogP contribution in [0.25, 0.3) is 22.3 Å². The molecule has 0 radical (unpaired) electrons. The van der Waals surface area contributed by atoms with E-state index in [1.165, 1.54) is 18.5 Å². The lowest BCUT2D eigenvalue weighted by Crippen LogP contribution is -2.28. The van der Waals surface area contributed by atoms with Gasteiger partial charge >= 0.3 is 0 Å². The van der Waals surface area contributed by atoms with Gasteiger partial charge in [-0.2, -0.15) is 5.10 Å². The van der Waals surface area contributed by atoms with Crippen LogP contribution in [0.5, 0.6) is 0 Å². The fourth-order valence-corrected chi connectivity index (χ4v) is 2.93. The summed E-state index contributed by atoms with van der Waals surface area (Å²) in [5, 5.41) is 9.73. The number of aromatic nitrogens is 5. The van der Waals surface area contributed by atoms with Gasteiger partial charge in [0, 0.05) is 18.4 Å². The van der Waals surface area contributed by atoms with Crippen molar-refractivity contribution in [2.24, 2.45) is 0 Å². The molecule has 152 valence electrons. The zero-order chi connectivity index (χ0) is 21.1. The molecule has 2 aromatic carbocycles. The van der Waals surface area contributed by atoms with E-state index in [2.05, 4.69) is 25.5 Å². The van der Waals surface area contributed by atoms with Gasteiger partial charge in [-0.15, -0.1) is 0 Å². The predicted octanol–water partition coefficient (Wildman–Crippen LogP) is 2.11. The number of H-pyrrole nitrogens is 1. The van der Waals surface area contributed by atoms with Crippen molar-refractivity contribution >= 4 is 22.5 Å². The molecule has 0 unspecified atom stereocenters. The first kappa shape index (κ1) is 19.4. The van der Waals surface area contributed by atoms with Crippen LogP contribution in [0.15, 0.2) is 53.6 Å². The van der Waals surface area contributed by atoms with Crippen molar-refractivity contribution in [1.82, 2.24) is 24.7 Å². The van der Waals surface area contributed by atoms with E-state index >= 15 is 0 Å². The van der Waals surface area contributed by atoms with E-state index in [4.69, 9.17) is 4.74 Å². The molecule has 2 aromatic heterocycles. The Bertz CT molecular complexity index is 1270. The average Bonchev–Trinajstić information content (AvgIpc) is 3.20. The van der Waals surface area contributed by atoms with Crippen LogP contribution in [0, 0.1) is 5.82 Å². The highest BCUT2D eigenvalue weighted by molar-refractivity contribution is 5.91. The lowest BCUT2D eigenvalue weighted by atomic mass is 10.2. The summed E-state index contributed by atoms with van der Waals surface area (Å²) in [4.78, 5) is 33.2. The molecule has 0 atom stereocenters.